The first-order valence-electron chi connectivity index (χ1n) is 5.71. The van der Waals surface area contributed by atoms with Crippen molar-refractivity contribution in [2.75, 3.05) is 31.8 Å². The molecule has 6 heteroatoms. The Kier molecular flexibility index (Phi) is 3.70. The predicted molar refractivity (Wildman–Crippen MR) is 73.8 cm³/mol. The molecule has 0 atom stereocenters. The minimum Gasteiger partial charge on any atom is -0.479 e. The van der Waals surface area contributed by atoms with Crippen LogP contribution in [0.15, 0.2) is 30.6 Å². The maximum Gasteiger partial charge on any atom is 0.249 e. The fourth-order valence-corrected chi connectivity index (χ4v) is 1.55. The Labute approximate surface area is 111 Å². The van der Waals surface area contributed by atoms with E-state index in [2.05, 4.69) is 9.97 Å². The van der Waals surface area contributed by atoms with Crippen molar-refractivity contribution in [3.05, 3.63) is 30.6 Å². The van der Waals surface area contributed by atoms with Gasteiger partial charge in [0.15, 0.2) is 5.69 Å². The normalized spacial score (nSPS) is 10.1. The van der Waals surface area contributed by atoms with E-state index < -0.39 is 0 Å². The van der Waals surface area contributed by atoms with Crippen LogP contribution in [0.4, 0.5) is 11.4 Å². The first kappa shape index (κ1) is 12.9. The third-order valence-electron chi connectivity index (χ3n) is 2.55. The summed E-state index contributed by atoms with van der Waals surface area (Å²) in [6.45, 7) is 0. The van der Waals surface area contributed by atoms with Crippen molar-refractivity contribution in [3.63, 3.8) is 0 Å². The number of hydrogen-bond acceptors (Lipinski definition) is 6. The van der Waals surface area contributed by atoms with Gasteiger partial charge < -0.3 is 20.1 Å². The van der Waals surface area contributed by atoms with Crippen molar-refractivity contribution in [2.45, 2.75) is 0 Å². The molecule has 0 fully saturated rings. The van der Waals surface area contributed by atoms with E-state index in [4.69, 9.17) is 15.2 Å². The summed E-state index contributed by atoms with van der Waals surface area (Å²) in [6.07, 6.45) is 1.35. The number of benzene rings is 1. The van der Waals surface area contributed by atoms with Crippen molar-refractivity contribution in [3.8, 4) is 17.5 Å². The predicted octanol–water partition coefficient (Wildman–Crippen LogP) is 1.93. The van der Waals surface area contributed by atoms with Gasteiger partial charge in [-0.3, -0.25) is 0 Å². The van der Waals surface area contributed by atoms with E-state index in [1.165, 1.54) is 13.4 Å². The summed E-state index contributed by atoms with van der Waals surface area (Å²) in [5.74, 6) is 1.23. The molecule has 0 amide bonds. The summed E-state index contributed by atoms with van der Waals surface area (Å²) < 4.78 is 10.7. The van der Waals surface area contributed by atoms with Crippen LogP contribution in [-0.4, -0.2) is 31.2 Å². The van der Waals surface area contributed by atoms with E-state index in [0.29, 0.717) is 11.6 Å². The molecule has 2 rings (SSSR count). The fourth-order valence-electron chi connectivity index (χ4n) is 1.55. The Morgan fingerprint density at radius 3 is 2.58 bits per heavy atom. The lowest BCUT2D eigenvalue weighted by atomic mass is 10.3. The number of nitrogens with two attached hydrogens (primary N) is 1. The molecule has 100 valence electrons. The van der Waals surface area contributed by atoms with Crippen molar-refractivity contribution in [1.29, 1.82) is 0 Å². The third kappa shape index (κ3) is 2.85. The molecular formula is C13H16N4O2. The minimum atomic E-state index is 0.278. The highest BCUT2D eigenvalue weighted by atomic mass is 16.5. The fraction of sp³-hybridized carbons (Fsp3) is 0.231. The molecule has 0 saturated heterocycles. The molecule has 0 aliphatic carbocycles. The van der Waals surface area contributed by atoms with E-state index in [-0.39, 0.29) is 11.6 Å². The lowest BCUT2D eigenvalue weighted by Gasteiger charge is -2.14. The van der Waals surface area contributed by atoms with Crippen LogP contribution in [0.1, 0.15) is 0 Å². The average Bonchev–Trinajstić information content (AvgIpc) is 2.41. The molecular weight excluding hydrogens is 244 g/mol. The molecule has 1 aromatic carbocycles. The Morgan fingerprint density at radius 2 is 1.89 bits per heavy atom. The van der Waals surface area contributed by atoms with Crippen LogP contribution in [-0.2, 0) is 0 Å². The van der Waals surface area contributed by atoms with Crippen LogP contribution < -0.4 is 20.1 Å². The van der Waals surface area contributed by atoms with Gasteiger partial charge in [-0.05, 0) is 12.1 Å². The molecule has 0 radical (unpaired) electrons. The first-order chi connectivity index (χ1) is 9.11. The Balaban J connectivity index is 2.28. The zero-order chi connectivity index (χ0) is 13.8. The lowest BCUT2D eigenvalue weighted by molar-refractivity contribution is 0.391. The van der Waals surface area contributed by atoms with E-state index in [1.54, 1.807) is 0 Å². The molecule has 0 unspecified atom stereocenters. The maximum absolute atomic E-state index is 5.85. The van der Waals surface area contributed by atoms with Crippen molar-refractivity contribution >= 4 is 11.4 Å². The van der Waals surface area contributed by atoms with Crippen LogP contribution in [0.2, 0.25) is 0 Å². The van der Waals surface area contributed by atoms with Crippen LogP contribution in [0.3, 0.4) is 0 Å². The van der Waals surface area contributed by atoms with Gasteiger partial charge >= 0.3 is 0 Å². The van der Waals surface area contributed by atoms with Gasteiger partial charge in [0.1, 0.15) is 12.1 Å². The van der Waals surface area contributed by atoms with E-state index >= 15 is 0 Å². The van der Waals surface area contributed by atoms with Gasteiger partial charge in [-0.25, -0.2) is 0 Å². The summed E-state index contributed by atoms with van der Waals surface area (Å²) in [5, 5.41) is 0. The number of methoxy groups -OCH3 is 1. The second-order valence-corrected chi connectivity index (χ2v) is 4.10. The summed E-state index contributed by atoms with van der Waals surface area (Å²) in [5.41, 5.74) is 7.16. The highest BCUT2D eigenvalue weighted by Crippen LogP contribution is 2.31. The highest BCUT2D eigenvalue weighted by Gasteiger charge is 2.10. The molecule has 0 aliphatic rings. The SMILES string of the molecule is COc1ncnc(Oc2cccc(N(C)C)c2)c1N. The quantitative estimate of drug-likeness (QED) is 0.905. The number of ether oxygens (including phenoxy) is 2. The van der Waals surface area contributed by atoms with E-state index in [0.717, 1.165) is 5.69 Å². The zero-order valence-electron chi connectivity index (χ0n) is 11.1. The van der Waals surface area contributed by atoms with Gasteiger partial charge in [-0.15, -0.1) is 0 Å². The molecule has 6 nitrogen and oxygen atoms in total. The standard InChI is InChI=1S/C13H16N4O2/c1-17(2)9-5-4-6-10(7-9)19-13-11(14)12(18-3)15-8-16-13/h4-8H,14H2,1-3H3. The van der Waals surface area contributed by atoms with E-state index in [9.17, 15) is 0 Å². The summed E-state index contributed by atoms with van der Waals surface area (Å²) >= 11 is 0. The van der Waals surface area contributed by atoms with Gasteiger partial charge in [-0.1, -0.05) is 6.07 Å². The Hall–Kier alpha value is -2.50. The number of rotatable bonds is 4. The molecule has 1 heterocycles. The molecule has 0 bridgehead atoms. The summed E-state index contributed by atoms with van der Waals surface area (Å²) in [7, 11) is 5.41. The average molecular weight is 260 g/mol. The van der Waals surface area contributed by atoms with Gasteiger partial charge in [-0.2, -0.15) is 9.97 Å². The van der Waals surface area contributed by atoms with Crippen molar-refractivity contribution in [2.24, 2.45) is 0 Å². The lowest BCUT2D eigenvalue weighted by Crippen LogP contribution is -2.08. The molecule has 1 aromatic heterocycles. The number of nitrogen functional groups attached to an aromatic ring is 1. The maximum atomic E-state index is 5.85. The van der Waals surface area contributed by atoms with Gasteiger partial charge in [0, 0.05) is 25.8 Å². The first-order valence-corrected chi connectivity index (χ1v) is 5.71. The molecule has 0 aliphatic heterocycles. The number of aromatic nitrogens is 2. The van der Waals surface area contributed by atoms with Crippen molar-refractivity contribution < 1.29 is 9.47 Å². The smallest absolute Gasteiger partial charge is 0.249 e. The second kappa shape index (κ2) is 5.43. The Morgan fingerprint density at radius 1 is 1.16 bits per heavy atom. The van der Waals surface area contributed by atoms with Crippen LogP contribution in [0.5, 0.6) is 17.5 Å². The second-order valence-electron chi connectivity index (χ2n) is 4.10. The van der Waals surface area contributed by atoms with Crippen molar-refractivity contribution in [1.82, 2.24) is 9.97 Å². The molecule has 0 saturated carbocycles. The van der Waals surface area contributed by atoms with Crippen LogP contribution in [0.25, 0.3) is 0 Å². The van der Waals surface area contributed by atoms with Gasteiger partial charge in [0.25, 0.3) is 0 Å². The van der Waals surface area contributed by atoms with Crippen LogP contribution in [0, 0.1) is 0 Å². The molecule has 2 aromatic rings. The van der Waals surface area contributed by atoms with Crippen LogP contribution >= 0.6 is 0 Å². The zero-order valence-corrected chi connectivity index (χ0v) is 11.1. The number of nitrogens with zero attached hydrogens (tertiary/aromatic N) is 3. The van der Waals surface area contributed by atoms with E-state index in [1.807, 2.05) is 43.3 Å². The molecule has 0 spiro atoms. The van der Waals surface area contributed by atoms with Gasteiger partial charge in [0.2, 0.25) is 11.8 Å². The number of anilines is 2. The highest BCUT2D eigenvalue weighted by molar-refractivity contribution is 5.57. The third-order valence-corrected chi connectivity index (χ3v) is 2.55. The topological polar surface area (TPSA) is 73.5 Å². The Bertz CT molecular complexity index is 572. The minimum absolute atomic E-state index is 0.278. The monoisotopic (exact) mass is 260 g/mol. The number of hydrogen-bond donors (Lipinski definition) is 1. The van der Waals surface area contributed by atoms with Gasteiger partial charge in [0.05, 0.1) is 7.11 Å². The summed E-state index contributed by atoms with van der Waals surface area (Å²) in [6, 6.07) is 7.62. The molecule has 19 heavy (non-hydrogen) atoms. The largest absolute Gasteiger partial charge is 0.479 e. The summed E-state index contributed by atoms with van der Waals surface area (Å²) in [4.78, 5) is 9.89. The molecule has 2 N–H and O–H groups in total.